The Morgan fingerprint density at radius 1 is 1.20 bits per heavy atom. The normalized spacial score (nSPS) is 15.8. The van der Waals surface area contributed by atoms with Crippen LogP contribution in [0.3, 0.4) is 0 Å². The fraction of sp³-hybridized carbons (Fsp3) is 0.250. The van der Waals surface area contributed by atoms with Gasteiger partial charge in [0.2, 0.25) is 0 Å². The number of carboxylic acids is 1. The Labute approximate surface area is 153 Å². The number of carboxylic acid groups (broad SMARTS) is 1. The second-order valence-electron chi connectivity index (χ2n) is 5.98. The number of fused-ring (bicyclic) bond motifs is 1. The molecule has 0 fully saturated rings. The standard InChI is InChI=1S/C20H21NO3.ClH/c1-3-24-18-7-4-14(5-8-18)15-6-9-19-16(11-15)12-17(20(22)23)10-13(2)21-19;/h4-9,11-13,21H,3,10H2,1-2H3,(H,22,23);1H. The minimum absolute atomic E-state index is 0. The predicted octanol–water partition coefficient (Wildman–Crippen LogP) is 4.85. The van der Waals surface area contributed by atoms with Gasteiger partial charge in [0.15, 0.2) is 0 Å². The minimum Gasteiger partial charge on any atom is -0.494 e. The number of hydrogen-bond donors (Lipinski definition) is 2. The molecule has 0 saturated heterocycles. The van der Waals surface area contributed by atoms with Gasteiger partial charge < -0.3 is 15.2 Å². The van der Waals surface area contributed by atoms with Crippen LogP contribution in [0, 0.1) is 0 Å². The van der Waals surface area contributed by atoms with Gasteiger partial charge in [0, 0.05) is 17.3 Å². The molecule has 2 N–H and O–H groups in total. The highest BCUT2D eigenvalue weighted by atomic mass is 35.5. The smallest absolute Gasteiger partial charge is 0.331 e. The number of carbonyl (C=O) groups is 1. The molecule has 0 radical (unpaired) electrons. The van der Waals surface area contributed by atoms with Crippen LogP contribution in [0.15, 0.2) is 48.0 Å². The van der Waals surface area contributed by atoms with E-state index in [9.17, 15) is 9.90 Å². The highest BCUT2D eigenvalue weighted by molar-refractivity contribution is 5.94. The van der Waals surface area contributed by atoms with E-state index in [4.69, 9.17) is 4.74 Å². The van der Waals surface area contributed by atoms with Crippen molar-refractivity contribution in [2.24, 2.45) is 0 Å². The van der Waals surface area contributed by atoms with Gasteiger partial charge in [0.25, 0.3) is 0 Å². The second-order valence-corrected chi connectivity index (χ2v) is 5.98. The number of halogens is 1. The van der Waals surface area contributed by atoms with E-state index in [1.54, 1.807) is 6.08 Å². The zero-order valence-electron chi connectivity index (χ0n) is 14.3. The topological polar surface area (TPSA) is 58.6 Å². The van der Waals surface area contributed by atoms with Crippen LogP contribution in [-0.4, -0.2) is 23.7 Å². The molecule has 3 rings (SSSR count). The van der Waals surface area contributed by atoms with Crippen LogP contribution in [0.25, 0.3) is 17.2 Å². The molecule has 0 bridgehead atoms. The largest absolute Gasteiger partial charge is 0.494 e. The van der Waals surface area contributed by atoms with Gasteiger partial charge in [0.05, 0.1) is 6.61 Å². The lowest BCUT2D eigenvalue weighted by molar-refractivity contribution is -0.132. The number of rotatable bonds is 4. The zero-order chi connectivity index (χ0) is 17.1. The van der Waals surface area contributed by atoms with Crippen molar-refractivity contribution in [1.29, 1.82) is 0 Å². The molecule has 25 heavy (non-hydrogen) atoms. The van der Waals surface area contributed by atoms with Crippen LogP contribution < -0.4 is 10.1 Å². The summed E-state index contributed by atoms with van der Waals surface area (Å²) in [7, 11) is 0. The number of aliphatic carboxylic acids is 1. The van der Waals surface area contributed by atoms with E-state index in [1.807, 2.05) is 56.3 Å². The molecule has 5 heteroatoms. The van der Waals surface area contributed by atoms with E-state index in [0.717, 1.165) is 28.1 Å². The lowest BCUT2D eigenvalue weighted by Crippen LogP contribution is -2.16. The molecule has 1 unspecified atom stereocenters. The molecule has 132 valence electrons. The van der Waals surface area contributed by atoms with Crippen molar-refractivity contribution >= 4 is 30.1 Å². The van der Waals surface area contributed by atoms with Crippen LogP contribution >= 0.6 is 12.4 Å². The van der Waals surface area contributed by atoms with E-state index in [-0.39, 0.29) is 18.4 Å². The average Bonchev–Trinajstić information content (AvgIpc) is 2.73. The first-order chi connectivity index (χ1) is 11.6. The lowest BCUT2D eigenvalue weighted by atomic mass is 10.0. The predicted molar refractivity (Wildman–Crippen MR) is 104 cm³/mol. The van der Waals surface area contributed by atoms with Gasteiger partial charge in [-0.3, -0.25) is 0 Å². The van der Waals surface area contributed by atoms with Gasteiger partial charge in [0.1, 0.15) is 5.75 Å². The van der Waals surface area contributed by atoms with Crippen molar-refractivity contribution in [3.05, 3.63) is 53.6 Å². The summed E-state index contributed by atoms with van der Waals surface area (Å²) < 4.78 is 5.47. The van der Waals surface area contributed by atoms with E-state index in [0.29, 0.717) is 18.6 Å². The molecule has 1 aliphatic rings. The van der Waals surface area contributed by atoms with Crippen molar-refractivity contribution in [2.75, 3.05) is 11.9 Å². The zero-order valence-corrected chi connectivity index (χ0v) is 15.1. The van der Waals surface area contributed by atoms with E-state index in [2.05, 4.69) is 5.32 Å². The molecule has 0 aromatic heterocycles. The van der Waals surface area contributed by atoms with Crippen molar-refractivity contribution in [2.45, 2.75) is 26.3 Å². The van der Waals surface area contributed by atoms with Gasteiger partial charge in [-0.1, -0.05) is 18.2 Å². The quantitative estimate of drug-likeness (QED) is 0.819. The lowest BCUT2D eigenvalue weighted by Gasteiger charge is -2.14. The Morgan fingerprint density at radius 2 is 1.88 bits per heavy atom. The number of hydrogen-bond acceptors (Lipinski definition) is 3. The van der Waals surface area contributed by atoms with E-state index in [1.165, 1.54) is 0 Å². The minimum atomic E-state index is -0.858. The molecular formula is C20H22ClNO3. The maximum Gasteiger partial charge on any atom is 0.331 e. The number of benzene rings is 2. The highest BCUT2D eigenvalue weighted by Crippen LogP contribution is 2.31. The molecule has 2 aromatic rings. The first-order valence-electron chi connectivity index (χ1n) is 8.14. The first-order valence-corrected chi connectivity index (χ1v) is 8.14. The first kappa shape index (κ1) is 18.9. The fourth-order valence-corrected chi connectivity index (χ4v) is 2.95. The van der Waals surface area contributed by atoms with Crippen LogP contribution in [0.4, 0.5) is 5.69 Å². The third-order valence-corrected chi connectivity index (χ3v) is 4.08. The number of anilines is 1. The third-order valence-electron chi connectivity index (χ3n) is 4.08. The molecule has 2 aromatic carbocycles. The van der Waals surface area contributed by atoms with Crippen molar-refractivity contribution in [3.8, 4) is 16.9 Å². The van der Waals surface area contributed by atoms with Crippen LogP contribution in [0.1, 0.15) is 25.8 Å². The molecule has 1 aliphatic heterocycles. The molecule has 0 spiro atoms. The molecule has 0 aliphatic carbocycles. The summed E-state index contributed by atoms with van der Waals surface area (Å²) >= 11 is 0. The van der Waals surface area contributed by atoms with Crippen molar-refractivity contribution in [1.82, 2.24) is 0 Å². The summed E-state index contributed by atoms with van der Waals surface area (Å²) in [5, 5.41) is 12.7. The van der Waals surface area contributed by atoms with Gasteiger partial charge in [-0.05, 0) is 67.3 Å². The van der Waals surface area contributed by atoms with Gasteiger partial charge in [-0.25, -0.2) is 4.79 Å². The molecule has 1 atom stereocenters. The monoisotopic (exact) mass is 359 g/mol. The van der Waals surface area contributed by atoms with Gasteiger partial charge in [-0.15, -0.1) is 12.4 Å². The third kappa shape index (κ3) is 4.34. The molecule has 1 heterocycles. The number of nitrogens with one attached hydrogen (secondary N) is 1. The SMILES string of the molecule is CCOc1ccc(-c2ccc3c(c2)C=C(C(=O)O)CC(C)N3)cc1.Cl. The van der Waals surface area contributed by atoms with Crippen molar-refractivity contribution in [3.63, 3.8) is 0 Å². The molecule has 0 amide bonds. The molecular weight excluding hydrogens is 338 g/mol. The molecule has 4 nitrogen and oxygen atoms in total. The Hall–Kier alpha value is -2.46. The van der Waals surface area contributed by atoms with Gasteiger partial charge in [-0.2, -0.15) is 0 Å². The summed E-state index contributed by atoms with van der Waals surface area (Å²) in [4.78, 5) is 11.4. The van der Waals surface area contributed by atoms with E-state index >= 15 is 0 Å². The summed E-state index contributed by atoms with van der Waals surface area (Å²) in [6.07, 6.45) is 2.27. The van der Waals surface area contributed by atoms with Crippen LogP contribution in [-0.2, 0) is 4.79 Å². The Balaban J connectivity index is 0.00000225. The van der Waals surface area contributed by atoms with Crippen LogP contribution in [0.2, 0.25) is 0 Å². The average molecular weight is 360 g/mol. The molecule has 0 saturated carbocycles. The number of ether oxygens (including phenoxy) is 1. The fourth-order valence-electron chi connectivity index (χ4n) is 2.95. The second kappa shape index (κ2) is 8.08. The van der Waals surface area contributed by atoms with Crippen molar-refractivity contribution < 1.29 is 14.6 Å². The van der Waals surface area contributed by atoms with Crippen LogP contribution in [0.5, 0.6) is 5.75 Å². The summed E-state index contributed by atoms with van der Waals surface area (Å²) in [5.41, 5.74) is 4.42. The maximum absolute atomic E-state index is 11.4. The highest BCUT2D eigenvalue weighted by Gasteiger charge is 2.18. The summed E-state index contributed by atoms with van der Waals surface area (Å²) in [6.45, 7) is 4.60. The van der Waals surface area contributed by atoms with E-state index < -0.39 is 5.97 Å². The Bertz CT molecular complexity index is 784. The Morgan fingerprint density at radius 3 is 2.52 bits per heavy atom. The summed E-state index contributed by atoms with van der Waals surface area (Å²) in [5.74, 6) is -0.0115. The summed E-state index contributed by atoms with van der Waals surface area (Å²) in [6, 6.07) is 14.1. The maximum atomic E-state index is 11.4. The Kier molecular flexibility index (Phi) is 6.10. The van der Waals surface area contributed by atoms with Gasteiger partial charge >= 0.3 is 5.97 Å².